The molecule has 3 N–H and O–H groups in total. The van der Waals surface area contributed by atoms with Gasteiger partial charge in [-0.05, 0) is 24.3 Å². The Morgan fingerprint density at radius 2 is 1.61 bits per heavy atom. The number of benzene rings is 1. The Balaban J connectivity index is 0.000000360. The molecular formula is C13H18N2O3. The van der Waals surface area contributed by atoms with Crippen molar-refractivity contribution in [3.63, 3.8) is 0 Å². The Kier molecular flexibility index (Phi) is 7.04. The molecule has 0 bridgehead atoms. The Morgan fingerprint density at radius 3 is 1.89 bits per heavy atom. The largest absolute Gasteiger partial charge is 0.399 e. The minimum atomic E-state index is -0.345. The minimum Gasteiger partial charge on any atom is -0.399 e. The molecule has 5 heteroatoms. The lowest BCUT2D eigenvalue weighted by molar-refractivity contribution is -0.135. The average molecular weight is 250 g/mol. The zero-order valence-electron chi connectivity index (χ0n) is 10.8. The predicted octanol–water partition coefficient (Wildman–Crippen LogP) is 1.78. The zero-order chi connectivity index (χ0) is 14.1. The van der Waals surface area contributed by atoms with E-state index >= 15 is 0 Å². The van der Waals surface area contributed by atoms with Gasteiger partial charge in [-0.1, -0.05) is 6.92 Å². The van der Waals surface area contributed by atoms with Gasteiger partial charge in [0.1, 0.15) is 0 Å². The van der Waals surface area contributed by atoms with E-state index in [4.69, 9.17) is 5.73 Å². The third-order valence-corrected chi connectivity index (χ3v) is 1.94. The lowest BCUT2D eigenvalue weighted by atomic mass is 10.2. The molecule has 0 aliphatic heterocycles. The summed E-state index contributed by atoms with van der Waals surface area (Å²) in [5.41, 5.74) is 6.91. The number of nitrogen functional groups attached to an aromatic ring is 1. The number of hydrogen-bond donors (Lipinski definition) is 2. The molecule has 0 atom stereocenters. The second kappa shape index (κ2) is 8.00. The first kappa shape index (κ1) is 15.8. The maximum Gasteiger partial charge on any atom is 0.221 e. The summed E-state index contributed by atoms with van der Waals surface area (Å²) in [4.78, 5) is 30.7. The van der Waals surface area contributed by atoms with Crippen molar-refractivity contribution in [1.29, 1.82) is 0 Å². The van der Waals surface area contributed by atoms with Crippen LogP contribution in [-0.2, 0) is 14.4 Å². The summed E-state index contributed by atoms with van der Waals surface area (Å²) < 4.78 is 0. The third-order valence-electron chi connectivity index (χ3n) is 1.94. The van der Waals surface area contributed by atoms with Gasteiger partial charge in [-0.3, -0.25) is 14.4 Å². The standard InChI is InChI=1S/C8H10N2O.C5H8O2/c1-6(11)10-8-4-2-7(9)3-5-8;1-3-5(7)4(2)6/h2-5H,9H2,1H3,(H,10,11);3H2,1-2H3. The van der Waals surface area contributed by atoms with Gasteiger partial charge in [0.2, 0.25) is 5.91 Å². The number of nitrogens with two attached hydrogens (primary N) is 1. The van der Waals surface area contributed by atoms with Crippen LogP contribution in [0.2, 0.25) is 0 Å². The van der Waals surface area contributed by atoms with E-state index in [0.29, 0.717) is 12.1 Å². The molecule has 1 rings (SSSR count). The molecule has 18 heavy (non-hydrogen) atoms. The second-order valence-corrected chi connectivity index (χ2v) is 3.64. The number of ketones is 2. The van der Waals surface area contributed by atoms with Gasteiger partial charge >= 0.3 is 0 Å². The summed E-state index contributed by atoms with van der Waals surface area (Å²) in [6.07, 6.45) is 0.329. The van der Waals surface area contributed by atoms with Crippen molar-refractivity contribution < 1.29 is 14.4 Å². The summed E-state index contributed by atoms with van der Waals surface area (Å²) in [5, 5.41) is 2.64. The molecule has 1 amide bonds. The van der Waals surface area contributed by atoms with Crippen LogP contribution in [0.5, 0.6) is 0 Å². The first-order valence-electron chi connectivity index (χ1n) is 5.53. The van der Waals surface area contributed by atoms with Gasteiger partial charge in [-0.15, -0.1) is 0 Å². The number of amides is 1. The maximum absolute atomic E-state index is 10.6. The van der Waals surface area contributed by atoms with Crippen molar-refractivity contribution in [1.82, 2.24) is 0 Å². The monoisotopic (exact) mass is 250 g/mol. The first-order chi connectivity index (χ1) is 8.36. The van der Waals surface area contributed by atoms with Gasteiger partial charge in [-0.2, -0.15) is 0 Å². The summed E-state index contributed by atoms with van der Waals surface area (Å²) in [5.74, 6) is -0.711. The van der Waals surface area contributed by atoms with Gasteiger partial charge < -0.3 is 11.1 Å². The molecule has 5 nitrogen and oxygen atoms in total. The summed E-state index contributed by atoms with van der Waals surface area (Å²) in [6, 6.07) is 7.00. The van der Waals surface area contributed by atoms with Crippen molar-refractivity contribution in [3.05, 3.63) is 24.3 Å². The van der Waals surface area contributed by atoms with Crippen LogP contribution >= 0.6 is 0 Å². The lowest BCUT2D eigenvalue weighted by Crippen LogP contribution is -2.06. The fraction of sp³-hybridized carbons (Fsp3) is 0.308. The van der Waals surface area contributed by atoms with Crippen LogP contribution in [0.25, 0.3) is 0 Å². The zero-order valence-corrected chi connectivity index (χ0v) is 10.8. The van der Waals surface area contributed by atoms with Crippen molar-refractivity contribution in [2.24, 2.45) is 0 Å². The molecule has 1 aromatic rings. The van der Waals surface area contributed by atoms with Crippen LogP contribution in [0.1, 0.15) is 27.2 Å². The van der Waals surface area contributed by atoms with Crippen LogP contribution in [0.3, 0.4) is 0 Å². The Labute approximate surface area is 106 Å². The molecule has 0 aliphatic carbocycles. The van der Waals surface area contributed by atoms with E-state index in [-0.39, 0.29) is 17.5 Å². The molecule has 1 aromatic carbocycles. The third kappa shape index (κ3) is 7.16. The molecule has 0 spiro atoms. The van der Waals surface area contributed by atoms with Crippen LogP contribution < -0.4 is 11.1 Å². The molecule has 0 aliphatic rings. The number of nitrogens with one attached hydrogen (secondary N) is 1. The predicted molar refractivity (Wildman–Crippen MR) is 71.1 cm³/mol. The Morgan fingerprint density at radius 1 is 1.11 bits per heavy atom. The van der Waals surface area contributed by atoms with Crippen molar-refractivity contribution in [3.8, 4) is 0 Å². The van der Waals surface area contributed by atoms with Crippen LogP contribution in [0, 0.1) is 0 Å². The van der Waals surface area contributed by atoms with Gasteiger partial charge in [0.05, 0.1) is 0 Å². The summed E-state index contributed by atoms with van der Waals surface area (Å²) in [6.45, 7) is 4.42. The van der Waals surface area contributed by atoms with E-state index in [1.807, 2.05) is 0 Å². The smallest absolute Gasteiger partial charge is 0.221 e. The van der Waals surface area contributed by atoms with E-state index in [9.17, 15) is 14.4 Å². The van der Waals surface area contributed by atoms with Crippen LogP contribution in [0.4, 0.5) is 11.4 Å². The molecule has 0 saturated carbocycles. The van der Waals surface area contributed by atoms with Crippen LogP contribution in [0.15, 0.2) is 24.3 Å². The second-order valence-electron chi connectivity index (χ2n) is 3.64. The van der Waals surface area contributed by atoms with Crippen LogP contribution in [-0.4, -0.2) is 17.5 Å². The van der Waals surface area contributed by atoms with Gasteiger partial charge in [0.25, 0.3) is 0 Å². The van der Waals surface area contributed by atoms with E-state index in [1.54, 1.807) is 31.2 Å². The Hall–Kier alpha value is -2.17. The molecule has 0 heterocycles. The highest BCUT2D eigenvalue weighted by Gasteiger charge is 2.00. The van der Waals surface area contributed by atoms with Crippen molar-refractivity contribution in [2.75, 3.05) is 11.1 Å². The maximum atomic E-state index is 10.6. The average Bonchev–Trinajstić information content (AvgIpc) is 2.31. The fourth-order valence-corrected chi connectivity index (χ4v) is 1.02. The van der Waals surface area contributed by atoms with Crippen molar-refractivity contribution in [2.45, 2.75) is 27.2 Å². The summed E-state index contributed by atoms with van der Waals surface area (Å²) in [7, 11) is 0. The molecular weight excluding hydrogens is 232 g/mol. The van der Waals surface area contributed by atoms with Gasteiger partial charge in [0, 0.05) is 31.6 Å². The summed E-state index contributed by atoms with van der Waals surface area (Å²) >= 11 is 0. The SMILES string of the molecule is CC(=O)Nc1ccc(N)cc1.CCC(=O)C(C)=O. The number of hydrogen-bond acceptors (Lipinski definition) is 4. The highest BCUT2D eigenvalue weighted by molar-refractivity contribution is 6.36. The molecule has 0 fully saturated rings. The first-order valence-corrected chi connectivity index (χ1v) is 5.53. The lowest BCUT2D eigenvalue weighted by Gasteiger charge is -2.00. The molecule has 0 radical (unpaired) electrons. The Bertz CT molecular complexity index is 424. The fourth-order valence-electron chi connectivity index (χ4n) is 1.02. The number of carbonyl (C=O) groups is 3. The van der Waals surface area contributed by atoms with E-state index in [2.05, 4.69) is 5.32 Å². The van der Waals surface area contributed by atoms with Crippen molar-refractivity contribution >= 4 is 28.8 Å². The van der Waals surface area contributed by atoms with Gasteiger partial charge in [-0.25, -0.2) is 0 Å². The number of anilines is 2. The molecule has 0 aromatic heterocycles. The van der Waals surface area contributed by atoms with E-state index in [1.165, 1.54) is 13.8 Å². The highest BCUT2D eigenvalue weighted by Crippen LogP contribution is 2.09. The molecule has 0 saturated heterocycles. The normalized spacial score (nSPS) is 8.83. The highest BCUT2D eigenvalue weighted by atomic mass is 16.2. The minimum absolute atomic E-state index is 0.0743. The van der Waals surface area contributed by atoms with Gasteiger partial charge in [0.15, 0.2) is 11.6 Å². The molecule has 98 valence electrons. The topological polar surface area (TPSA) is 89.3 Å². The quantitative estimate of drug-likeness (QED) is 0.632. The number of rotatable bonds is 3. The molecule has 0 unspecified atom stereocenters. The van der Waals surface area contributed by atoms with E-state index in [0.717, 1.165) is 5.69 Å². The number of Topliss-reactive ketones (excluding diaryl/α,β-unsaturated/α-hetero) is 2. The van der Waals surface area contributed by atoms with E-state index < -0.39 is 0 Å². The number of carbonyl (C=O) groups excluding carboxylic acids is 3.